The van der Waals surface area contributed by atoms with Crippen LogP contribution < -0.4 is 5.73 Å². The zero-order chi connectivity index (χ0) is 12.4. The van der Waals surface area contributed by atoms with Gasteiger partial charge in [-0.05, 0) is 42.7 Å². The summed E-state index contributed by atoms with van der Waals surface area (Å²) in [5.41, 5.74) is 10.6. The van der Waals surface area contributed by atoms with Crippen LogP contribution in [-0.4, -0.2) is 4.98 Å². The van der Waals surface area contributed by atoms with Crippen molar-refractivity contribution in [2.75, 3.05) is 0 Å². The highest BCUT2D eigenvalue weighted by atomic mass is 79.9. The summed E-state index contributed by atoms with van der Waals surface area (Å²) in [4.78, 5) is 4.28. The first kappa shape index (κ1) is 12.3. The maximum absolute atomic E-state index is 6.25. The number of halogens is 1. The minimum absolute atomic E-state index is 0.141. The van der Waals surface area contributed by atoms with Gasteiger partial charge in [0.1, 0.15) is 0 Å². The molecule has 1 heterocycles. The zero-order valence-electron chi connectivity index (χ0n) is 9.94. The summed E-state index contributed by atoms with van der Waals surface area (Å²) in [6.45, 7) is 4.03. The summed E-state index contributed by atoms with van der Waals surface area (Å²) in [5.74, 6) is 0. The minimum atomic E-state index is -0.141. The van der Waals surface area contributed by atoms with Gasteiger partial charge in [0.05, 0.1) is 6.04 Å². The number of benzene rings is 1. The molecule has 0 aliphatic heterocycles. The number of nitrogens with zero attached hydrogens (tertiary/aromatic N) is 1. The van der Waals surface area contributed by atoms with E-state index < -0.39 is 0 Å². The highest BCUT2D eigenvalue weighted by Crippen LogP contribution is 2.27. The van der Waals surface area contributed by atoms with Crippen molar-refractivity contribution in [3.05, 3.63) is 63.4 Å². The second-order valence-corrected chi connectivity index (χ2v) is 5.09. The maximum atomic E-state index is 6.25. The van der Waals surface area contributed by atoms with Crippen molar-refractivity contribution in [1.82, 2.24) is 4.98 Å². The first-order valence-corrected chi connectivity index (χ1v) is 6.31. The molecule has 0 spiro atoms. The van der Waals surface area contributed by atoms with E-state index in [2.05, 4.69) is 46.0 Å². The van der Waals surface area contributed by atoms with Gasteiger partial charge in [0, 0.05) is 16.4 Å². The van der Waals surface area contributed by atoms with Crippen molar-refractivity contribution in [1.29, 1.82) is 0 Å². The first-order valence-electron chi connectivity index (χ1n) is 5.52. The van der Waals surface area contributed by atoms with E-state index in [1.165, 1.54) is 5.56 Å². The monoisotopic (exact) mass is 290 g/mol. The molecule has 2 N–H and O–H groups in total. The molecule has 2 nitrogen and oxygen atoms in total. The Kier molecular flexibility index (Phi) is 3.60. The quantitative estimate of drug-likeness (QED) is 0.919. The summed E-state index contributed by atoms with van der Waals surface area (Å²) >= 11 is 3.56. The number of hydrogen-bond acceptors (Lipinski definition) is 2. The van der Waals surface area contributed by atoms with E-state index in [1.54, 1.807) is 0 Å². The summed E-state index contributed by atoms with van der Waals surface area (Å²) < 4.78 is 1.05. The number of aryl methyl sites for hydroxylation is 2. The molecule has 0 radical (unpaired) electrons. The number of hydrogen-bond donors (Lipinski definition) is 1. The van der Waals surface area contributed by atoms with Gasteiger partial charge in [-0.15, -0.1) is 0 Å². The van der Waals surface area contributed by atoms with Crippen LogP contribution in [0.2, 0.25) is 0 Å². The van der Waals surface area contributed by atoms with Crippen LogP contribution in [0.4, 0.5) is 0 Å². The van der Waals surface area contributed by atoms with Crippen LogP contribution in [-0.2, 0) is 0 Å². The van der Waals surface area contributed by atoms with Crippen LogP contribution >= 0.6 is 15.9 Å². The summed E-state index contributed by atoms with van der Waals surface area (Å²) in [5, 5.41) is 0. The van der Waals surface area contributed by atoms with Crippen LogP contribution in [0.5, 0.6) is 0 Å². The second kappa shape index (κ2) is 4.98. The van der Waals surface area contributed by atoms with E-state index in [0.717, 1.165) is 21.3 Å². The van der Waals surface area contributed by atoms with Gasteiger partial charge in [-0.3, -0.25) is 4.98 Å². The van der Waals surface area contributed by atoms with E-state index in [9.17, 15) is 0 Å². The van der Waals surface area contributed by atoms with E-state index in [4.69, 9.17) is 5.73 Å². The average Bonchev–Trinajstić information content (AvgIpc) is 2.29. The molecule has 0 saturated carbocycles. The summed E-state index contributed by atoms with van der Waals surface area (Å²) in [7, 11) is 0. The fraction of sp³-hybridized carbons (Fsp3) is 0.214. The standard InChI is InChI=1S/C14H15BrN2/c1-9-3-6-12(13(15)7-9)14(16)11-5-4-10(2)17-8-11/h3-8,14H,16H2,1-2H3. The van der Waals surface area contributed by atoms with Gasteiger partial charge in [-0.1, -0.05) is 34.1 Å². The van der Waals surface area contributed by atoms with E-state index in [-0.39, 0.29) is 6.04 Å². The molecule has 2 aromatic rings. The predicted octanol–water partition coefficient (Wildman–Crippen LogP) is 3.51. The summed E-state index contributed by atoms with van der Waals surface area (Å²) in [6.07, 6.45) is 1.84. The molecule has 0 aliphatic rings. The molecule has 0 amide bonds. The van der Waals surface area contributed by atoms with Crippen molar-refractivity contribution in [2.24, 2.45) is 5.73 Å². The highest BCUT2D eigenvalue weighted by Gasteiger charge is 2.12. The van der Waals surface area contributed by atoms with Crippen molar-refractivity contribution in [3.63, 3.8) is 0 Å². The Bertz CT molecular complexity index is 520. The smallest absolute Gasteiger partial charge is 0.0578 e. The Balaban J connectivity index is 2.36. The lowest BCUT2D eigenvalue weighted by Crippen LogP contribution is -2.13. The molecule has 1 aromatic carbocycles. The van der Waals surface area contributed by atoms with Crippen LogP contribution in [0, 0.1) is 13.8 Å². The molecule has 0 aliphatic carbocycles. The highest BCUT2D eigenvalue weighted by molar-refractivity contribution is 9.10. The Morgan fingerprint density at radius 3 is 2.53 bits per heavy atom. The van der Waals surface area contributed by atoms with Crippen molar-refractivity contribution >= 4 is 15.9 Å². The molecule has 1 atom stereocenters. The Morgan fingerprint density at radius 2 is 1.94 bits per heavy atom. The van der Waals surface area contributed by atoms with Crippen LogP contribution in [0.15, 0.2) is 41.0 Å². The largest absolute Gasteiger partial charge is 0.320 e. The molecule has 0 fully saturated rings. The second-order valence-electron chi connectivity index (χ2n) is 4.24. The number of rotatable bonds is 2. The molecule has 0 saturated heterocycles. The van der Waals surface area contributed by atoms with Gasteiger partial charge in [-0.25, -0.2) is 0 Å². The van der Waals surface area contributed by atoms with Gasteiger partial charge in [-0.2, -0.15) is 0 Å². The number of nitrogens with two attached hydrogens (primary N) is 1. The van der Waals surface area contributed by atoms with E-state index in [1.807, 2.05) is 25.3 Å². The molecule has 88 valence electrons. The van der Waals surface area contributed by atoms with Crippen LogP contribution in [0.1, 0.15) is 28.4 Å². The Labute approximate surface area is 110 Å². The number of pyridine rings is 1. The van der Waals surface area contributed by atoms with E-state index in [0.29, 0.717) is 0 Å². The van der Waals surface area contributed by atoms with Gasteiger partial charge in [0.15, 0.2) is 0 Å². The zero-order valence-corrected chi connectivity index (χ0v) is 11.5. The molecular weight excluding hydrogens is 276 g/mol. The molecule has 1 unspecified atom stereocenters. The lowest BCUT2D eigenvalue weighted by atomic mass is 10.00. The maximum Gasteiger partial charge on any atom is 0.0578 e. The molecule has 17 heavy (non-hydrogen) atoms. The van der Waals surface area contributed by atoms with Crippen molar-refractivity contribution < 1.29 is 0 Å². The van der Waals surface area contributed by atoms with E-state index >= 15 is 0 Å². The summed E-state index contributed by atoms with van der Waals surface area (Å²) in [6, 6.07) is 10.1. The normalized spacial score (nSPS) is 12.5. The fourth-order valence-electron chi connectivity index (χ4n) is 1.73. The van der Waals surface area contributed by atoms with Gasteiger partial charge in [0.25, 0.3) is 0 Å². The lowest BCUT2D eigenvalue weighted by molar-refractivity contribution is 0.854. The average molecular weight is 291 g/mol. The topological polar surface area (TPSA) is 38.9 Å². The number of aromatic nitrogens is 1. The third kappa shape index (κ3) is 2.73. The Morgan fingerprint density at radius 1 is 1.18 bits per heavy atom. The molecule has 0 bridgehead atoms. The van der Waals surface area contributed by atoms with Gasteiger partial charge < -0.3 is 5.73 Å². The van der Waals surface area contributed by atoms with Crippen molar-refractivity contribution in [3.8, 4) is 0 Å². The fourth-order valence-corrected chi connectivity index (χ4v) is 2.47. The third-order valence-corrected chi connectivity index (χ3v) is 3.47. The van der Waals surface area contributed by atoms with Gasteiger partial charge >= 0.3 is 0 Å². The lowest BCUT2D eigenvalue weighted by Gasteiger charge is -2.14. The van der Waals surface area contributed by atoms with Crippen LogP contribution in [0.3, 0.4) is 0 Å². The Hall–Kier alpha value is -1.19. The third-order valence-electron chi connectivity index (χ3n) is 2.78. The molecule has 3 heteroatoms. The first-order chi connectivity index (χ1) is 8.08. The molecule has 2 rings (SSSR count). The molecular formula is C14H15BrN2. The SMILES string of the molecule is Cc1ccc(C(N)c2ccc(C)nc2)c(Br)c1. The van der Waals surface area contributed by atoms with Gasteiger partial charge in [0.2, 0.25) is 0 Å². The predicted molar refractivity (Wildman–Crippen MR) is 73.9 cm³/mol. The molecule has 1 aromatic heterocycles. The van der Waals surface area contributed by atoms with Crippen molar-refractivity contribution in [2.45, 2.75) is 19.9 Å². The van der Waals surface area contributed by atoms with Crippen LogP contribution in [0.25, 0.3) is 0 Å². The minimum Gasteiger partial charge on any atom is -0.320 e.